The SMILES string of the molecule is CCC1(C)C(N)C(C)C1c1ccc(F)cn1. The van der Waals surface area contributed by atoms with Crippen LogP contribution in [0.5, 0.6) is 0 Å². The quantitative estimate of drug-likeness (QED) is 0.835. The van der Waals surface area contributed by atoms with Gasteiger partial charge in [-0.25, -0.2) is 4.39 Å². The molecule has 0 radical (unpaired) electrons. The van der Waals surface area contributed by atoms with Gasteiger partial charge in [0.2, 0.25) is 0 Å². The summed E-state index contributed by atoms with van der Waals surface area (Å²) < 4.78 is 12.8. The van der Waals surface area contributed by atoms with Crippen LogP contribution in [0.4, 0.5) is 4.39 Å². The van der Waals surface area contributed by atoms with E-state index in [1.165, 1.54) is 12.3 Å². The van der Waals surface area contributed by atoms with Gasteiger partial charge in [0.15, 0.2) is 0 Å². The van der Waals surface area contributed by atoms with E-state index >= 15 is 0 Å². The first-order chi connectivity index (χ1) is 7.50. The molecule has 1 heterocycles. The fraction of sp³-hybridized carbons (Fsp3) is 0.615. The van der Waals surface area contributed by atoms with Crippen LogP contribution in [0.1, 0.15) is 38.8 Å². The van der Waals surface area contributed by atoms with Crippen molar-refractivity contribution in [3.63, 3.8) is 0 Å². The van der Waals surface area contributed by atoms with Crippen molar-refractivity contribution in [1.29, 1.82) is 0 Å². The maximum Gasteiger partial charge on any atom is 0.141 e. The highest BCUT2D eigenvalue weighted by molar-refractivity contribution is 5.24. The molecular weight excluding hydrogens is 203 g/mol. The third kappa shape index (κ3) is 1.46. The lowest BCUT2D eigenvalue weighted by molar-refractivity contribution is 0.00118. The molecule has 2 N–H and O–H groups in total. The van der Waals surface area contributed by atoms with Gasteiger partial charge in [-0.15, -0.1) is 0 Å². The van der Waals surface area contributed by atoms with Gasteiger partial charge in [-0.1, -0.05) is 20.8 Å². The normalized spacial score (nSPS) is 38.2. The van der Waals surface area contributed by atoms with E-state index in [0.717, 1.165) is 12.1 Å². The van der Waals surface area contributed by atoms with Gasteiger partial charge >= 0.3 is 0 Å². The van der Waals surface area contributed by atoms with Crippen molar-refractivity contribution in [2.24, 2.45) is 17.1 Å². The number of aromatic nitrogens is 1. The summed E-state index contributed by atoms with van der Waals surface area (Å²) in [6.45, 7) is 6.51. The second-order valence-corrected chi connectivity index (χ2v) is 5.12. The number of halogens is 1. The molecule has 0 aromatic carbocycles. The lowest BCUT2D eigenvalue weighted by Crippen LogP contribution is -2.61. The lowest BCUT2D eigenvalue weighted by Gasteiger charge is -2.57. The molecule has 0 saturated heterocycles. The van der Waals surface area contributed by atoms with Gasteiger partial charge in [0.1, 0.15) is 5.82 Å². The summed E-state index contributed by atoms with van der Waals surface area (Å²) in [5.74, 6) is 0.495. The van der Waals surface area contributed by atoms with Gasteiger partial charge in [0, 0.05) is 17.7 Å². The maximum absolute atomic E-state index is 12.8. The zero-order valence-corrected chi connectivity index (χ0v) is 10.1. The third-order valence-corrected chi connectivity index (χ3v) is 4.39. The van der Waals surface area contributed by atoms with Crippen molar-refractivity contribution < 1.29 is 4.39 Å². The minimum Gasteiger partial charge on any atom is -0.327 e. The Balaban J connectivity index is 2.30. The Morgan fingerprint density at radius 1 is 1.50 bits per heavy atom. The van der Waals surface area contributed by atoms with Crippen LogP contribution in [-0.4, -0.2) is 11.0 Å². The first-order valence-electron chi connectivity index (χ1n) is 5.87. The van der Waals surface area contributed by atoms with Crippen molar-refractivity contribution in [1.82, 2.24) is 4.98 Å². The summed E-state index contributed by atoms with van der Waals surface area (Å²) >= 11 is 0. The largest absolute Gasteiger partial charge is 0.327 e. The van der Waals surface area contributed by atoms with Crippen molar-refractivity contribution in [2.75, 3.05) is 0 Å². The van der Waals surface area contributed by atoms with Crippen LogP contribution in [-0.2, 0) is 0 Å². The molecule has 0 bridgehead atoms. The summed E-state index contributed by atoms with van der Waals surface area (Å²) in [6.07, 6.45) is 2.32. The molecule has 1 fully saturated rings. The Bertz CT molecular complexity index is 376. The monoisotopic (exact) mass is 222 g/mol. The smallest absolute Gasteiger partial charge is 0.141 e. The van der Waals surface area contributed by atoms with Gasteiger partial charge in [-0.2, -0.15) is 0 Å². The molecule has 1 aliphatic rings. The number of nitrogens with zero attached hydrogens (tertiary/aromatic N) is 1. The molecule has 2 rings (SSSR count). The van der Waals surface area contributed by atoms with Crippen LogP contribution < -0.4 is 5.73 Å². The van der Waals surface area contributed by atoms with E-state index in [1.54, 1.807) is 6.07 Å². The summed E-state index contributed by atoms with van der Waals surface area (Å²) in [5, 5.41) is 0. The molecule has 0 aliphatic heterocycles. The van der Waals surface area contributed by atoms with Crippen molar-refractivity contribution in [3.05, 3.63) is 29.8 Å². The first kappa shape index (κ1) is 11.5. The zero-order chi connectivity index (χ0) is 11.9. The molecule has 16 heavy (non-hydrogen) atoms. The molecule has 1 aliphatic carbocycles. The Labute approximate surface area is 96.1 Å². The summed E-state index contributed by atoms with van der Waals surface area (Å²) in [5.41, 5.74) is 7.24. The molecule has 3 heteroatoms. The Kier molecular flexibility index (Phi) is 2.74. The van der Waals surface area contributed by atoms with E-state index in [0.29, 0.717) is 11.8 Å². The van der Waals surface area contributed by atoms with Crippen LogP contribution >= 0.6 is 0 Å². The number of hydrogen-bond donors (Lipinski definition) is 1. The van der Waals surface area contributed by atoms with Crippen LogP contribution in [0.15, 0.2) is 18.3 Å². The standard InChI is InChI=1S/C13H19FN2/c1-4-13(3)11(8(2)12(13)15)10-6-5-9(14)7-16-10/h5-8,11-12H,4,15H2,1-3H3. The lowest BCUT2D eigenvalue weighted by atomic mass is 9.49. The molecule has 0 amide bonds. The number of pyridine rings is 1. The Morgan fingerprint density at radius 2 is 2.19 bits per heavy atom. The molecule has 0 spiro atoms. The maximum atomic E-state index is 12.8. The second kappa shape index (κ2) is 3.81. The summed E-state index contributed by atoms with van der Waals surface area (Å²) in [4.78, 5) is 4.20. The highest BCUT2D eigenvalue weighted by Crippen LogP contribution is 2.57. The molecule has 1 aromatic rings. The predicted octanol–water partition coefficient (Wildman–Crippen LogP) is 2.70. The van der Waals surface area contributed by atoms with E-state index in [4.69, 9.17) is 5.73 Å². The van der Waals surface area contributed by atoms with Crippen molar-refractivity contribution >= 4 is 0 Å². The van der Waals surface area contributed by atoms with E-state index < -0.39 is 0 Å². The van der Waals surface area contributed by atoms with E-state index in [9.17, 15) is 4.39 Å². The van der Waals surface area contributed by atoms with Crippen LogP contribution in [0.3, 0.4) is 0 Å². The molecule has 4 atom stereocenters. The fourth-order valence-electron chi connectivity index (χ4n) is 3.13. The van der Waals surface area contributed by atoms with E-state index in [2.05, 4.69) is 25.8 Å². The van der Waals surface area contributed by atoms with Gasteiger partial charge in [-0.3, -0.25) is 4.98 Å². The van der Waals surface area contributed by atoms with Gasteiger partial charge in [-0.05, 0) is 29.9 Å². The third-order valence-electron chi connectivity index (χ3n) is 4.39. The average Bonchev–Trinajstić information content (AvgIpc) is 2.31. The molecule has 4 unspecified atom stereocenters. The highest BCUT2D eigenvalue weighted by Gasteiger charge is 2.55. The average molecular weight is 222 g/mol. The number of hydrogen-bond acceptors (Lipinski definition) is 2. The van der Waals surface area contributed by atoms with Gasteiger partial charge < -0.3 is 5.73 Å². The fourth-order valence-corrected chi connectivity index (χ4v) is 3.13. The predicted molar refractivity (Wildman–Crippen MR) is 62.5 cm³/mol. The van der Waals surface area contributed by atoms with Crippen LogP contribution in [0, 0.1) is 17.2 Å². The zero-order valence-electron chi connectivity index (χ0n) is 10.1. The van der Waals surface area contributed by atoms with Gasteiger partial charge in [0.25, 0.3) is 0 Å². The molecule has 1 aromatic heterocycles. The molecule has 88 valence electrons. The second-order valence-electron chi connectivity index (χ2n) is 5.12. The number of nitrogens with two attached hydrogens (primary N) is 1. The van der Waals surface area contributed by atoms with Gasteiger partial charge in [0.05, 0.1) is 6.20 Å². The minimum atomic E-state index is -0.279. The van der Waals surface area contributed by atoms with Crippen LogP contribution in [0.25, 0.3) is 0 Å². The molecular formula is C13H19FN2. The summed E-state index contributed by atoms with van der Waals surface area (Å²) in [7, 11) is 0. The summed E-state index contributed by atoms with van der Waals surface area (Å²) in [6, 6.07) is 3.49. The molecule has 1 saturated carbocycles. The van der Waals surface area contributed by atoms with E-state index in [-0.39, 0.29) is 17.3 Å². The van der Waals surface area contributed by atoms with Crippen molar-refractivity contribution in [2.45, 2.75) is 39.2 Å². The first-order valence-corrected chi connectivity index (χ1v) is 5.87. The topological polar surface area (TPSA) is 38.9 Å². The minimum absolute atomic E-state index is 0.101. The Morgan fingerprint density at radius 3 is 2.69 bits per heavy atom. The highest BCUT2D eigenvalue weighted by atomic mass is 19.1. The number of rotatable bonds is 2. The van der Waals surface area contributed by atoms with Crippen molar-refractivity contribution in [3.8, 4) is 0 Å². The molecule has 2 nitrogen and oxygen atoms in total. The Hall–Kier alpha value is -0.960. The van der Waals surface area contributed by atoms with Crippen LogP contribution in [0.2, 0.25) is 0 Å². The van der Waals surface area contributed by atoms with E-state index in [1.807, 2.05) is 0 Å².